The fourth-order valence-electron chi connectivity index (χ4n) is 3.62. The Morgan fingerprint density at radius 3 is 2.45 bits per heavy atom. The Balaban J connectivity index is 1.67. The molecule has 1 aliphatic rings. The molecule has 8 nitrogen and oxygen atoms in total. The topological polar surface area (TPSA) is 86.3 Å². The zero-order chi connectivity index (χ0) is 23.8. The highest BCUT2D eigenvalue weighted by molar-refractivity contribution is 5.78. The minimum atomic E-state index is -4.39. The van der Waals surface area contributed by atoms with E-state index in [1.54, 1.807) is 6.07 Å². The standard InChI is InChI=1S/C22H30F3N7O/c1-3-31(4-2)21-29-19(26-11-7-13-32-12-6-10-18(32)33)28-20(30-21)27-15-16-8-5-9-17(14-16)22(23,24)25/h5,8-9,14H,3-4,6-7,10-13,15H2,1-2H3,(H2,26,27,28,29,30). The number of benzene rings is 1. The molecular weight excluding hydrogens is 435 g/mol. The first-order valence-corrected chi connectivity index (χ1v) is 11.2. The zero-order valence-corrected chi connectivity index (χ0v) is 19.0. The molecule has 2 N–H and O–H groups in total. The maximum absolute atomic E-state index is 13.0. The number of aromatic nitrogens is 3. The van der Waals surface area contributed by atoms with Gasteiger partial charge in [-0.2, -0.15) is 28.1 Å². The van der Waals surface area contributed by atoms with Crippen molar-refractivity contribution in [3.8, 4) is 0 Å². The highest BCUT2D eigenvalue weighted by Crippen LogP contribution is 2.29. The van der Waals surface area contributed by atoms with Gasteiger partial charge in [-0.3, -0.25) is 4.79 Å². The first-order valence-electron chi connectivity index (χ1n) is 11.2. The summed E-state index contributed by atoms with van der Waals surface area (Å²) >= 11 is 0. The molecule has 0 unspecified atom stereocenters. The van der Waals surface area contributed by atoms with Gasteiger partial charge in [0, 0.05) is 45.7 Å². The van der Waals surface area contributed by atoms with E-state index in [1.807, 2.05) is 23.6 Å². The second-order valence-corrected chi connectivity index (χ2v) is 7.77. The Morgan fingerprint density at radius 2 is 1.82 bits per heavy atom. The summed E-state index contributed by atoms with van der Waals surface area (Å²) in [7, 11) is 0. The summed E-state index contributed by atoms with van der Waals surface area (Å²) < 4.78 is 38.9. The van der Waals surface area contributed by atoms with Gasteiger partial charge in [-0.05, 0) is 44.4 Å². The van der Waals surface area contributed by atoms with Crippen molar-refractivity contribution < 1.29 is 18.0 Å². The number of nitrogens with zero attached hydrogens (tertiary/aromatic N) is 5. The first-order chi connectivity index (χ1) is 15.8. The van der Waals surface area contributed by atoms with Crippen LogP contribution in [0.3, 0.4) is 0 Å². The smallest absolute Gasteiger partial charge is 0.354 e. The quantitative estimate of drug-likeness (QED) is 0.489. The maximum Gasteiger partial charge on any atom is 0.416 e. The van der Waals surface area contributed by atoms with Crippen LogP contribution in [0.2, 0.25) is 0 Å². The number of halogens is 3. The van der Waals surface area contributed by atoms with Crippen LogP contribution in [0.15, 0.2) is 24.3 Å². The minimum absolute atomic E-state index is 0.141. The van der Waals surface area contributed by atoms with Crippen molar-refractivity contribution in [3.63, 3.8) is 0 Å². The molecule has 1 aliphatic heterocycles. The third kappa shape index (κ3) is 6.93. The molecule has 0 aliphatic carbocycles. The van der Waals surface area contributed by atoms with E-state index in [9.17, 15) is 18.0 Å². The number of nitrogens with one attached hydrogen (secondary N) is 2. The molecule has 3 rings (SSSR count). The van der Waals surface area contributed by atoms with Gasteiger partial charge in [0.15, 0.2) is 0 Å². The number of hydrogen-bond donors (Lipinski definition) is 2. The lowest BCUT2D eigenvalue weighted by Gasteiger charge is -2.20. The Hall–Kier alpha value is -3.11. The summed E-state index contributed by atoms with van der Waals surface area (Å²) in [4.78, 5) is 28.9. The molecule has 0 bridgehead atoms. The fourth-order valence-corrected chi connectivity index (χ4v) is 3.62. The Labute approximate surface area is 191 Å². The summed E-state index contributed by atoms with van der Waals surface area (Å²) in [5.41, 5.74) is -0.223. The van der Waals surface area contributed by atoms with Crippen LogP contribution in [-0.4, -0.2) is 58.5 Å². The number of alkyl halides is 3. The van der Waals surface area contributed by atoms with Crippen molar-refractivity contribution in [2.45, 2.75) is 45.8 Å². The van der Waals surface area contributed by atoms with Crippen molar-refractivity contribution >= 4 is 23.8 Å². The Bertz CT molecular complexity index is 934. The monoisotopic (exact) mass is 465 g/mol. The fraction of sp³-hybridized carbons (Fsp3) is 0.545. The molecule has 1 aromatic heterocycles. The summed E-state index contributed by atoms with van der Waals surface area (Å²) in [6.45, 7) is 7.59. The summed E-state index contributed by atoms with van der Waals surface area (Å²) in [6.07, 6.45) is -2.11. The summed E-state index contributed by atoms with van der Waals surface area (Å²) in [5, 5.41) is 6.19. The Morgan fingerprint density at radius 1 is 1.09 bits per heavy atom. The molecule has 0 spiro atoms. The second kappa shape index (κ2) is 11.2. The zero-order valence-electron chi connectivity index (χ0n) is 19.0. The predicted molar refractivity (Wildman–Crippen MR) is 121 cm³/mol. The molecule has 1 fully saturated rings. The number of likely N-dealkylation sites (tertiary alicyclic amines) is 1. The molecule has 180 valence electrons. The number of hydrogen-bond acceptors (Lipinski definition) is 7. The molecular formula is C22H30F3N7O. The Kier molecular flexibility index (Phi) is 8.29. The van der Waals surface area contributed by atoms with E-state index in [0.717, 1.165) is 31.5 Å². The van der Waals surface area contributed by atoms with E-state index < -0.39 is 11.7 Å². The molecule has 33 heavy (non-hydrogen) atoms. The van der Waals surface area contributed by atoms with Crippen molar-refractivity contribution in [3.05, 3.63) is 35.4 Å². The van der Waals surface area contributed by atoms with Gasteiger partial charge >= 0.3 is 6.18 Å². The molecule has 1 saturated heterocycles. The molecule has 0 radical (unpaired) electrons. The summed E-state index contributed by atoms with van der Waals surface area (Å²) in [5.74, 6) is 1.34. The van der Waals surface area contributed by atoms with Gasteiger partial charge in [-0.15, -0.1) is 0 Å². The molecule has 0 atom stereocenters. The molecule has 0 saturated carbocycles. The van der Waals surface area contributed by atoms with Crippen LogP contribution in [0.4, 0.5) is 31.0 Å². The highest BCUT2D eigenvalue weighted by Gasteiger charge is 2.30. The van der Waals surface area contributed by atoms with E-state index in [0.29, 0.717) is 50.1 Å². The predicted octanol–water partition coefficient (Wildman–Crippen LogP) is 3.77. The van der Waals surface area contributed by atoms with Crippen molar-refractivity contribution in [1.82, 2.24) is 19.9 Å². The van der Waals surface area contributed by atoms with Crippen LogP contribution in [0, 0.1) is 0 Å². The molecule has 1 aromatic carbocycles. The van der Waals surface area contributed by atoms with Crippen molar-refractivity contribution in [2.75, 3.05) is 48.3 Å². The third-order valence-electron chi connectivity index (χ3n) is 5.43. The number of anilines is 3. The average Bonchev–Trinajstić information content (AvgIpc) is 3.20. The number of carbonyl (C=O) groups is 1. The number of amides is 1. The lowest BCUT2D eigenvalue weighted by Crippen LogP contribution is -2.27. The second-order valence-electron chi connectivity index (χ2n) is 7.77. The van der Waals surface area contributed by atoms with Crippen LogP contribution >= 0.6 is 0 Å². The number of carbonyl (C=O) groups excluding carboxylic acids is 1. The van der Waals surface area contributed by atoms with Gasteiger partial charge in [0.25, 0.3) is 0 Å². The van der Waals surface area contributed by atoms with E-state index >= 15 is 0 Å². The number of rotatable bonds is 11. The first kappa shape index (κ1) is 24.5. The lowest BCUT2D eigenvalue weighted by atomic mass is 10.1. The third-order valence-corrected chi connectivity index (χ3v) is 5.43. The average molecular weight is 466 g/mol. The van der Waals surface area contributed by atoms with Crippen LogP contribution in [0.5, 0.6) is 0 Å². The van der Waals surface area contributed by atoms with Gasteiger partial charge in [-0.1, -0.05) is 12.1 Å². The molecule has 2 heterocycles. The SMILES string of the molecule is CCN(CC)c1nc(NCCCN2CCCC2=O)nc(NCc2cccc(C(F)(F)F)c2)n1. The van der Waals surface area contributed by atoms with Gasteiger partial charge in [0.05, 0.1) is 5.56 Å². The highest BCUT2D eigenvalue weighted by atomic mass is 19.4. The summed E-state index contributed by atoms with van der Waals surface area (Å²) in [6, 6.07) is 5.15. The molecule has 1 amide bonds. The van der Waals surface area contributed by atoms with Gasteiger partial charge in [-0.25, -0.2) is 0 Å². The van der Waals surface area contributed by atoms with Crippen molar-refractivity contribution in [2.24, 2.45) is 0 Å². The van der Waals surface area contributed by atoms with Gasteiger partial charge in [0.2, 0.25) is 23.8 Å². The van der Waals surface area contributed by atoms with Crippen LogP contribution in [0.1, 0.15) is 44.2 Å². The lowest BCUT2D eigenvalue weighted by molar-refractivity contribution is -0.137. The van der Waals surface area contributed by atoms with Crippen LogP contribution in [0.25, 0.3) is 0 Å². The van der Waals surface area contributed by atoms with E-state index in [1.165, 1.54) is 6.07 Å². The van der Waals surface area contributed by atoms with Gasteiger partial charge < -0.3 is 20.4 Å². The van der Waals surface area contributed by atoms with Gasteiger partial charge in [0.1, 0.15) is 0 Å². The largest absolute Gasteiger partial charge is 0.416 e. The molecule has 2 aromatic rings. The van der Waals surface area contributed by atoms with E-state index in [4.69, 9.17) is 0 Å². The van der Waals surface area contributed by atoms with E-state index in [2.05, 4.69) is 25.6 Å². The van der Waals surface area contributed by atoms with E-state index in [-0.39, 0.29) is 18.4 Å². The van der Waals surface area contributed by atoms with Crippen molar-refractivity contribution in [1.29, 1.82) is 0 Å². The molecule has 11 heteroatoms. The minimum Gasteiger partial charge on any atom is -0.354 e. The maximum atomic E-state index is 13.0. The normalized spacial score (nSPS) is 14.0. The van der Waals surface area contributed by atoms with Crippen LogP contribution < -0.4 is 15.5 Å². The van der Waals surface area contributed by atoms with Crippen LogP contribution in [-0.2, 0) is 17.5 Å².